The fourth-order valence-electron chi connectivity index (χ4n) is 4.58. The minimum Gasteiger partial charge on any atom is -0.342 e. The molecule has 2 aliphatic rings. The van der Waals surface area contributed by atoms with E-state index in [4.69, 9.17) is 0 Å². The first kappa shape index (κ1) is 23.6. The molecule has 182 valence electrons. The second-order valence-corrected chi connectivity index (χ2v) is 9.82. The van der Waals surface area contributed by atoms with E-state index in [0.29, 0.717) is 30.5 Å². The normalized spacial score (nSPS) is 16.6. The average Bonchev–Trinajstić information content (AvgIpc) is 3.59. The molecule has 35 heavy (non-hydrogen) atoms. The van der Waals surface area contributed by atoms with Gasteiger partial charge >= 0.3 is 0 Å². The Morgan fingerprint density at radius 1 is 0.743 bits per heavy atom. The number of likely N-dealkylation sites (tertiary alicyclic amines) is 1. The first-order chi connectivity index (χ1) is 17.2. The van der Waals surface area contributed by atoms with Crippen LogP contribution in [0.3, 0.4) is 0 Å². The predicted octanol–water partition coefficient (Wildman–Crippen LogP) is 2.79. The lowest BCUT2D eigenvalue weighted by molar-refractivity contribution is -0.133. The third-order valence-corrected chi connectivity index (χ3v) is 7.46. The molecule has 3 heterocycles. The van der Waals surface area contributed by atoms with Crippen LogP contribution >= 0.6 is 11.8 Å². The van der Waals surface area contributed by atoms with Gasteiger partial charge < -0.3 is 9.80 Å². The fraction of sp³-hybridized carbons (Fsp3) is 0.385. The molecule has 0 aliphatic carbocycles. The van der Waals surface area contributed by atoms with Gasteiger partial charge in [0.1, 0.15) is 0 Å². The number of thioether (sulfide) groups is 1. The number of amides is 2. The Kier molecular flexibility index (Phi) is 7.44. The molecule has 2 amide bonds. The van der Waals surface area contributed by atoms with Gasteiger partial charge in [0, 0.05) is 50.5 Å². The Morgan fingerprint density at radius 2 is 1.37 bits per heavy atom. The molecule has 3 aromatic rings. The summed E-state index contributed by atoms with van der Waals surface area (Å²) >= 11 is 1.41. The van der Waals surface area contributed by atoms with Crippen molar-refractivity contribution in [1.82, 2.24) is 29.5 Å². The van der Waals surface area contributed by atoms with Gasteiger partial charge in [0.25, 0.3) is 0 Å². The maximum Gasteiger partial charge on any atom is 0.236 e. The molecule has 2 aromatic carbocycles. The second-order valence-electron chi connectivity index (χ2n) is 8.88. The summed E-state index contributed by atoms with van der Waals surface area (Å²) in [6.45, 7) is 4.98. The highest BCUT2D eigenvalue weighted by Crippen LogP contribution is 2.28. The van der Waals surface area contributed by atoms with Crippen LogP contribution in [0.1, 0.15) is 12.8 Å². The molecular weight excluding hydrogens is 460 g/mol. The van der Waals surface area contributed by atoms with Gasteiger partial charge in [-0.15, -0.1) is 10.2 Å². The molecule has 1 aromatic heterocycles. The number of rotatable bonds is 7. The first-order valence-corrected chi connectivity index (χ1v) is 13.1. The zero-order chi connectivity index (χ0) is 24.0. The van der Waals surface area contributed by atoms with Gasteiger partial charge in [-0.25, -0.2) is 0 Å². The number of benzene rings is 2. The summed E-state index contributed by atoms with van der Waals surface area (Å²) in [5.41, 5.74) is 1.93. The summed E-state index contributed by atoms with van der Waals surface area (Å²) in [4.78, 5) is 31.4. The van der Waals surface area contributed by atoms with Crippen molar-refractivity contribution < 1.29 is 9.59 Å². The molecule has 0 unspecified atom stereocenters. The van der Waals surface area contributed by atoms with Crippen molar-refractivity contribution in [2.75, 3.05) is 51.6 Å². The quantitative estimate of drug-likeness (QED) is 0.474. The summed E-state index contributed by atoms with van der Waals surface area (Å²) < 4.78 is 2.01. The van der Waals surface area contributed by atoms with E-state index < -0.39 is 0 Å². The molecule has 0 saturated carbocycles. The molecule has 2 fully saturated rings. The second kappa shape index (κ2) is 11.0. The Bertz CT molecular complexity index is 1140. The monoisotopic (exact) mass is 490 g/mol. The lowest BCUT2D eigenvalue weighted by Crippen LogP contribution is -2.51. The van der Waals surface area contributed by atoms with Crippen LogP contribution in [0.2, 0.25) is 0 Å². The Labute approximate surface area is 209 Å². The van der Waals surface area contributed by atoms with E-state index in [2.05, 4.69) is 15.1 Å². The molecule has 8 nitrogen and oxygen atoms in total. The highest BCUT2D eigenvalue weighted by atomic mass is 32.2. The van der Waals surface area contributed by atoms with Crippen molar-refractivity contribution in [3.8, 4) is 17.1 Å². The zero-order valence-corrected chi connectivity index (χ0v) is 20.6. The number of piperazine rings is 1. The number of nitrogens with zero attached hydrogens (tertiary/aromatic N) is 6. The molecule has 0 N–H and O–H groups in total. The van der Waals surface area contributed by atoms with Crippen LogP contribution in [-0.4, -0.2) is 92.8 Å². The Hall–Kier alpha value is -3.17. The predicted molar refractivity (Wildman–Crippen MR) is 136 cm³/mol. The smallest absolute Gasteiger partial charge is 0.236 e. The number of carbonyl (C=O) groups is 2. The fourth-order valence-corrected chi connectivity index (χ4v) is 5.43. The van der Waals surface area contributed by atoms with Crippen LogP contribution in [0.4, 0.5) is 0 Å². The molecule has 0 spiro atoms. The molecule has 0 atom stereocenters. The third-order valence-electron chi connectivity index (χ3n) is 6.55. The maximum atomic E-state index is 13.0. The lowest BCUT2D eigenvalue weighted by Gasteiger charge is -2.35. The third kappa shape index (κ3) is 5.57. The number of hydrogen-bond acceptors (Lipinski definition) is 6. The van der Waals surface area contributed by atoms with Gasteiger partial charge in [-0.2, -0.15) is 0 Å². The Balaban J connectivity index is 1.20. The van der Waals surface area contributed by atoms with E-state index in [0.717, 1.165) is 56.1 Å². The minimum atomic E-state index is 0.0874. The largest absolute Gasteiger partial charge is 0.342 e. The van der Waals surface area contributed by atoms with Crippen molar-refractivity contribution in [2.24, 2.45) is 0 Å². The van der Waals surface area contributed by atoms with Gasteiger partial charge in [0.15, 0.2) is 11.0 Å². The highest BCUT2D eigenvalue weighted by molar-refractivity contribution is 7.99. The maximum absolute atomic E-state index is 13.0. The summed E-state index contributed by atoms with van der Waals surface area (Å²) in [6, 6.07) is 19.9. The lowest BCUT2D eigenvalue weighted by atomic mass is 10.2. The van der Waals surface area contributed by atoms with E-state index >= 15 is 0 Å². The number of hydrogen-bond donors (Lipinski definition) is 0. The van der Waals surface area contributed by atoms with Crippen LogP contribution in [-0.2, 0) is 9.59 Å². The Morgan fingerprint density at radius 3 is 2.06 bits per heavy atom. The summed E-state index contributed by atoms with van der Waals surface area (Å²) in [5, 5.41) is 9.56. The number of aromatic nitrogens is 3. The molecular formula is C26H30N6O2S. The molecule has 5 rings (SSSR count). The average molecular weight is 491 g/mol. The SMILES string of the molecule is O=C(CSc1nnc(-c2ccccc2)n1-c1ccccc1)N1CCN(CC(=O)N2CCCC2)CC1. The summed E-state index contributed by atoms with van der Waals surface area (Å²) in [7, 11) is 0. The number of para-hydroxylation sites is 1. The standard InChI is InChI=1S/C26H30N6O2S/c33-23(30-13-7-8-14-30)19-29-15-17-31(18-16-29)24(34)20-35-26-28-27-25(21-9-3-1-4-10-21)32(26)22-11-5-2-6-12-22/h1-6,9-12H,7-8,13-20H2. The summed E-state index contributed by atoms with van der Waals surface area (Å²) in [5.74, 6) is 1.35. The van der Waals surface area contributed by atoms with Gasteiger partial charge in [0.05, 0.1) is 12.3 Å². The van der Waals surface area contributed by atoms with Crippen LogP contribution in [0.15, 0.2) is 65.8 Å². The zero-order valence-electron chi connectivity index (χ0n) is 19.8. The molecule has 9 heteroatoms. The minimum absolute atomic E-state index is 0.0874. The first-order valence-electron chi connectivity index (χ1n) is 12.2. The van der Waals surface area contributed by atoms with E-state index in [9.17, 15) is 9.59 Å². The molecule has 2 aliphatic heterocycles. The molecule has 2 saturated heterocycles. The molecule has 0 bridgehead atoms. The van der Waals surface area contributed by atoms with E-state index in [1.54, 1.807) is 0 Å². The highest BCUT2D eigenvalue weighted by Gasteiger charge is 2.26. The van der Waals surface area contributed by atoms with E-state index in [1.165, 1.54) is 11.8 Å². The van der Waals surface area contributed by atoms with Gasteiger partial charge in [-0.1, -0.05) is 60.3 Å². The summed E-state index contributed by atoms with van der Waals surface area (Å²) in [6.07, 6.45) is 2.22. The van der Waals surface area contributed by atoms with E-state index in [1.807, 2.05) is 75.0 Å². The van der Waals surface area contributed by atoms with Crippen molar-refractivity contribution in [1.29, 1.82) is 0 Å². The van der Waals surface area contributed by atoms with Gasteiger partial charge in [0.2, 0.25) is 11.8 Å². The van der Waals surface area contributed by atoms with Crippen LogP contribution < -0.4 is 0 Å². The van der Waals surface area contributed by atoms with Crippen LogP contribution in [0.25, 0.3) is 17.1 Å². The molecule has 0 radical (unpaired) electrons. The van der Waals surface area contributed by atoms with E-state index in [-0.39, 0.29) is 11.8 Å². The topological polar surface area (TPSA) is 74.6 Å². The van der Waals surface area contributed by atoms with Crippen molar-refractivity contribution in [3.05, 3.63) is 60.7 Å². The van der Waals surface area contributed by atoms with Crippen LogP contribution in [0, 0.1) is 0 Å². The van der Waals surface area contributed by atoms with Crippen molar-refractivity contribution in [3.63, 3.8) is 0 Å². The number of carbonyl (C=O) groups excluding carboxylic acids is 2. The van der Waals surface area contributed by atoms with Crippen molar-refractivity contribution >= 4 is 23.6 Å². The van der Waals surface area contributed by atoms with Gasteiger partial charge in [-0.3, -0.25) is 19.1 Å². The van der Waals surface area contributed by atoms with Crippen LogP contribution in [0.5, 0.6) is 0 Å². The van der Waals surface area contributed by atoms with Crippen molar-refractivity contribution in [2.45, 2.75) is 18.0 Å². The van der Waals surface area contributed by atoms with Gasteiger partial charge in [-0.05, 0) is 25.0 Å².